The zero-order valence-electron chi connectivity index (χ0n) is 13.6. The van der Waals surface area contributed by atoms with E-state index in [1.165, 1.54) is 41.7 Å². The van der Waals surface area contributed by atoms with Gasteiger partial charge in [-0.3, -0.25) is 25.3 Å². The molecule has 10 heteroatoms. The van der Waals surface area contributed by atoms with Gasteiger partial charge in [-0.15, -0.1) is 11.3 Å². The molecule has 1 aliphatic rings. The molecule has 0 aromatic carbocycles. The fourth-order valence-electron chi connectivity index (χ4n) is 2.70. The highest BCUT2D eigenvalue weighted by Crippen LogP contribution is 2.28. The quantitative estimate of drug-likeness (QED) is 0.614. The van der Waals surface area contributed by atoms with Gasteiger partial charge in [-0.2, -0.15) is 0 Å². The van der Waals surface area contributed by atoms with Crippen LogP contribution in [0.3, 0.4) is 0 Å². The first-order chi connectivity index (χ1) is 12.1. The zero-order chi connectivity index (χ0) is 17.8. The first-order valence-electron chi connectivity index (χ1n) is 7.86. The lowest BCUT2D eigenvalue weighted by Gasteiger charge is -2.20. The molecule has 9 nitrogen and oxygen atoms in total. The van der Waals surface area contributed by atoms with Gasteiger partial charge < -0.3 is 5.32 Å². The number of amides is 1. The third-order valence-corrected chi connectivity index (χ3v) is 5.00. The molecule has 3 rings (SSSR count). The second-order valence-corrected chi connectivity index (χ2v) is 6.59. The lowest BCUT2D eigenvalue weighted by Crippen LogP contribution is -2.40. The van der Waals surface area contributed by atoms with Crippen LogP contribution in [0.2, 0.25) is 0 Å². The largest absolute Gasteiger partial charge is 0.317 e. The Bertz CT molecular complexity index is 774. The van der Waals surface area contributed by atoms with Gasteiger partial charge in [-0.1, -0.05) is 0 Å². The number of hydrazine groups is 1. The summed E-state index contributed by atoms with van der Waals surface area (Å²) in [6, 6.07) is 2.81. The van der Waals surface area contributed by atoms with Crippen LogP contribution >= 0.6 is 11.3 Å². The highest BCUT2D eigenvalue weighted by Gasteiger charge is 2.23. The van der Waals surface area contributed by atoms with Crippen molar-refractivity contribution in [3.8, 4) is 0 Å². The van der Waals surface area contributed by atoms with Gasteiger partial charge in [0.1, 0.15) is 5.69 Å². The maximum Gasteiger partial charge on any atom is 0.313 e. The maximum atomic E-state index is 12.4. The molecule has 1 saturated heterocycles. The summed E-state index contributed by atoms with van der Waals surface area (Å²) in [6.45, 7) is 1.91. The molecule has 0 radical (unpaired) electrons. The van der Waals surface area contributed by atoms with Crippen molar-refractivity contribution in [1.29, 1.82) is 0 Å². The summed E-state index contributed by atoms with van der Waals surface area (Å²) in [5.74, 6) is 0.0240. The van der Waals surface area contributed by atoms with Gasteiger partial charge in [-0.25, -0.2) is 9.97 Å². The smallest absolute Gasteiger partial charge is 0.313 e. The molecule has 1 amide bonds. The van der Waals surface area contributed by atoms with Gasteiger partial charge in [0.25, 0.3) is 5.91 Å². The van der Waals surface area contributed by atoms with Crippen LogP contribution in [-0.2, 0) is 0 Å². The van der Waals surface area contributed by atoms with E-state index in [4.69, 9.17) is 0 Å². The van der Waals surface area contributed by atoms with E-state index in [-0.39, 0.29) is 11.5 Å². The zero-order valence-corrected chi connectivity index (χ0v) is 14.5. The molecule has 1 fully saturated rings. The van der Waals surface area contributed by atoms with Crippen molar-refractivity contribution >= 4 is 28.7 Å². The van der Waals surface area contributed by atoms with Crippen LogP contribution < -0.4 is 15.8 Å². The fourth-order valence-corrected chi connectivity index (χ4v) is 3.67. The Labute approximate surface area is 148 Å². The van der Waals surface area contributed by atoms with Crippen molar-refractivity contribution in [1.82, 2.24) is 20.7 Å². The van der Waals surface area contributed by atoms with E-state index in [0.717, 1.165) is 30.9 Å². The van der Waals surface area contributed by atoms with Crippen molar-refractivity contribution in [2.75, 3.05) is 25.1 Å². The number of nitro groups is 1. The number of carbonyl (C=O) groups excluding carboxylic acids is 1. The third kappa shape index (κ3) is 3.91. The molecular formula is C15H18N6O3S. The van der Waals surface area contributed by atoms with E-state index in [1.807, 2.05) is 0 Å². The Balaban J connectivity index is 1.70. The number of anilines is 1. The first-order valence-corrected chi connectivity index (χ1v) is 8.74. The number of thiazole rings is 1. The summed E-state index contributed by atoms with van der Waals surface area (Å²) >= 11 is 1.47. The summed E-state index contributed by atoms with van der Waals surface area (Å²) in [4.78, 5) is 31.3. The minimum absolute atomic E-state index is 0.0645. The monoisotopic (exact) mass is 362 g/mol. The van der Waals surface area contributed by atoms with Crippen LogP contribution in [0.15, 0.2) is 23.7 Å². The second-order valence-electron chi connectivity index (χ2n) is 5.70. The molecule has 132 valence electrons. The van der Waals surface area contributed by atoms with Gasteiger partial charge in [0.2, 0.25) is 5.82 Å². The SMILES string of the molecule is CN(NC(=O)c1csc(C2CCNCC2)n1)c1ncccc1[N+](=O)[O-]. The van der Waals surface area contributed by atoms with E-state index in [0.29, 0.717) is 11.6 Å². The normalized spacial score (nSPS) is 14.9. The van der Waals surface area contributed by atoms with Crippen LogP contribution in [0, 0.1) is 10.1 Å². The number of hydrogen-bond donors (Lipinski definition) is 2. The number of rotatable bonds is 5. The molecule has 0 spiro atoms. The van der Waals surface area contributed by atoms with Gasteiger partial charge in [0.15, 0.2) is 0 Å². The summed E-state index contributed by atoms with van der Waals surface area (Å²) < 4.78 is 0. The number of piperidine rings is 1. The molecule has 2 aromatic rings. The summed E-state index contributed by atoms with van der Waals surface area (Å²) in [5, 5.41) is 18.3. The molecule has 0 unspecified atom stereocenters. The number of carbonyl (C=O) groups is 1. The lowest BCUT2D eigenvalue weighted by molar-refractivity contribution is -0.384. The fraction of sp³-hybridized carbons (Fsp3) is 0.400. The Hall–Kier alpha value is -2.59. The van der Waals surface area contributed by atoms with Crippen molar-refractivity contribution in [2.24, 2.45) is 0 Å². The summed E-state index contributed by atoms with van der Waals surface area (Å²) in [6.07, 6.45) is 3.45. The second kappa shape index (κ2) is 7.53. The average molecular weight is 362 g/mol. The Morgan fingerprint density at radius 1 is 1.48 bits per heavy atom. The number of nitrogens with zero attached hydrogens (tertiary/aromatic N) is 4. The number of nitrogens with one attached hydrogen (secondary N) is 2. The molecule has 25 heavy (non-hydrogen) atoms. The molecular weight excluding hydrogens is 344 g/mol. The van der Waals surface area contributed by atoms with Crippen LogP contribution in [-0.4, -0.2) is 40.9 Å². The number of hydrogen-bond acceptors (Lipinski definition) is 8. The summed E-state index contributed by atoms with van der Waals surface area (Å²) in [5.41, 5.74) is 2.71. The van der Waals surface area contributed by atoms with Crippen molar-refractivity contribution in [3.05, 3.63) is 44.5 Å². The molecule has 2 aromatic heterocycles. The Kier molecular flexibility index (Phi) is 5.19. The predicted octanol–water partition coefficient (Wildman–Crippen LogP) is 1.69. The molecule has 3 heterocycles. The van der Waals surface area contributed by atoms with Gasteiger partial charge in [0.05, 0.1) is 9.93 Å². The highest BCUT2D eigenvalue weighted by molar-refractivity contribution is 7.09. The van der Waals surface area contributed by atoms with Crippen molar-refractivity contribution in [2.45, 2.75) is 18.8 Å². The topological polar surface area (TPSA) is 113 Å². The van der Waals surface area contributed by atoms with E-state index in [2.05, 4.69) is 20.7 Å². The Morgan fingerprint density at radius 3 is 2.96 bits per heavy atom. The van der Waals surface area contributed by atoms with E-state index in [9.17, 15) is 14.9 Å². The molecule has 2 N–H and O–H groups in total. The third-order valence-electron chi connectivity index (χ3n) is 3.99. The first kappa shape index (κ1) is 17.2. The van der Waals surface area contributed by atoms with Gasteiger partial charge >= 0.3 is 5.69 Å². The molecule has 0 saturated carbocycles. The predicted molar refractivity (Wildman–Crippen MR) is 93.7 cm³/mol. The van der Waals surface area contributed by atoms with E-state index >= 15 is 0 Å². The van der Waals surface area contributed by atoms with Gasteiger partial charge in [-0.05, 0) is 32.0 Å². The average Bonchev–Trinajstić information content (AvgIpc) is 3.12. The summed E-state index contributed by atoms with van der Waals surface area (Å²) in [7, 11) is 1.51. The maximum absolute atomic E-state index is 12.4. The molecule has 1 aliphatic heterocycles. The molecule has 0 bridgehead atoms. The van der Waals surface area contributed by atoms with Gasteiger partial charge in [0, 0.05) is 30.6 Å². The lowest BCUT2D eigenvalue weighted by atomic mass is 9.99. The van der Waals surface area contributed by atoms with Crippen LogP contribution in [0.25, 0.3) is 0 Å². The van der Waals surface area contributed by atoms with E-state index < -0.39 is 10.8 Å². The van der Waals surface area contributed by atoms with Crippen molar-refractivity contribution in [3.63, 3.8) is 0 Å². The van der Waals surface area contributed by atoms with E-state index in [1.54, 1.807) is 5.38 Å². The molecule has 0 atom stereocenters. The van der Waals surface area contributed by atoms with Crippen LogP contribution in [0.4, 0.5) is 11.5 Å². The van der Waals surface area contributed by atoms with Crippen LogP contribution in [0.5, 0.6) is 0 Å². The highest BCUT2D eigenvalue weighted by atomic mass is 32.1. The number of aromatic nitrogens is 2. The minimum atomic E-state index is -0.539. The van der Waals surface area contributed by atoms with Crippen molar-refractivity contribution < 1.29 is 9.72 Å². The Morgan fingerprint density at radius 2 is 2.24 bits per heavy atom. The minimum Gasteiger partial charge on any atom is -0.317 e. The number of pyridine rings is 1. The van der Waals surface area contributed by atoms with Crippen LogP contribution in [0.1, 0.15) is 34.3 Å². The standard InChI is InChI=1S/C15H18N6O3S/c1-20(13-12(21(23)24)3-2-6-17-13)19-14(22)11-9-25-15(18-11)10-4-7-16-8-5-10/h2-3,6,9-10,16H,4-5,7-8H2,1H3,(H,19,22). The molecule has 0 aliphatic carbocycles.